The average Bonchev–Trinajstić information content (AvgIpc) is 2.53. The molecule has 0 aliphatic rings. The van der Waals surface area contributed by atoms with Crippen LogP contribution in [0.1, 0.15) is 20.3 Å². The molecule has 0 amide bonds. The maximum atomic E-state index is 10.6. The molecule has 0 unspecified atom stereocenters. The lowest BCUT2D eigenvalue weighted by atomic mass is 10.2. The van der Waals surface area contributed by atoms with Gasteiger partial charge in [-0.2, -0.15) is 0 Å². The van der Waals surface area contributed by atoms with Gasteiger partial charge in [0.1, 0.15) is 0 Å². The Kier molecular flexibility index (Phi) is 14.1. The zero-order valence-electron chi connectivity index (χ0n) is 13.7. The van der Waals surface area contributed by atoms with Gasteiger partial charge in [-0.3, -0.25) is 4.79 Å². The maximum Gasteiger partial charge on any atom is 0.333 e. The molecule has 0 bridgehead atoms. The van der Waals surface area contributed by atoms with Gasteiger partial charge in [-0.1, -0.05) is 6.58 Å². The summed E-state index contributed by atoms with van der Waals surface area (Å²) in [6.07, 6.45) is 1.96. The van der Waals surface area contributed by atoms with Crippen molar-refractivity contribution in [2.24, 2.45) is 0 Å². The zero-order valence-corrected chi connectivity index (χ0v) is 13.7. The van der Waals surface area contributed by atoms with E-state index in [1.807, 2.05) is 0 Å². The third kappa shape index (κ3) is 14.1. The minimum Gasteiger partial charge on any atom is -0.469 e. The molecule has 0 saturated carbocycles. The lowest BCUT2D eigenvalue weighted by molar-refractivity contribution is -0.143. The number of ether oxygens (including phenoxy) is 4. The largest absolute Gasteiger partial charge is 0.469 e. The number of methoxy groups -OCH3 is 2. The average molecular weight is 330 g/mol. The van der Waals surface area contributed by atoms with Crippen LogP contribution in [0.4, 0.5) is 0 Å². The van der Waals surface area contributed by atoms with Crippen LogP contribution in [0.3, 0.4) is 0 Å². The topological polar surface area (TPSA) is 105 Å². The summed E-state index contributed by atoms with van der Waals surface area (Å²) in [6.45, 7) is 7.31. The molecule has 8 nitrogen and oxygen atoms in total. The molecule has 0 radical (unpaired) electrons. The second-order valence-electron chi connectivity index (χ2n) is 3.69. The van der Waals surface area contributed by atoms with Crippen molar-refractivity contribution >= 4 is 23.9 Å². The maximum absolute atomic E-state index is 10.6. The van der Waals surface area contributed by atoms with E-state index in [-0.39, 0.29) is 12.0 Å². The Hall–Kier alpha value is -2.64. The van der Waals surface area contributed by atoms with E-state index in [1.165, 1.54) is 14.2 Å². The first-order valence-corrected chi connectivity index (χ1v) is 6.66. The van der Waals surface area contributed by atoms with Crippen molar-refractivity contribution in [1.29, 1.82) is 0 Å². The monoisotopic (exact) mass is 330 g/mol. The fourth-order valence-electron chi connectivity index (χ4n) is 0.980. The molecule has 130 valence electrons. The first-order chi connectivity index (χ1) is 10.8. The molecule has 0 aliphatic carbocycles. The summed E-state index contributed by atoms with van der Waals surface area (Å²) in [5.74, 6) is -2.16. The molecule has 8 heteroatoms. The summed E-state index contributed by atoms with van der Waals surface area (Å²) in [5, 5.41) is 0. The van der Waals surface area contributed by atoms with Crippen LogP contribution in [0.25, 0.3) is 0 Å². The van der Waals surface area contributed by atoms with Crippen LogP contribution in [-0.2, 0) is 38.1 Å². The Labute approximate surface area is 135 Å². The fourth-order valence-corrected chi connectivity index (χ4v) is 0.980. The van der Waals surface area contributed by atoms with Crippen molar-refractivity contribution in [2.75, 3.05) is 27.4 Å². The molecular formula is C15H22O8. The molecule has 0 N–H and O–H groups in total. The lowest BCUT2D eigenvalue weighted by Crippen LogP contribution is -2.09. The van der Waals surface area contributed by atoms with Crippen LogP contribution < -0.4 is 0 Å². The SMILES string of the molecule is C=C(CC(=O)OC)C(=O)OC.CCOC(=O)/C=C\C(=O)OCC. The third-order valence-electron chi connectivity index (χ3n) is 1.99. The second kappa shape index (κ2) is 14.3. The first-order valence-electron chi connectivity index (χ1n) is 6.66. The molecule has 0 aliphatic heterocycles. The molecule has 23 heavy (non-hydrogen) atoms. The van der Waals surface area contributed by atoms with E-state index in [9.17, 15) is 19.2 Å². The summed E-state index contributed by atoms with van der Waals surface area (Å²) >= 11 is 0. The minimum absolute atomic E-state index is 0.0966. The van der Waals surface area contributed by atoms with Crippen molar-refractivity contribution in [3.63, 3.8) is 0 Å². The Bertz CT molecular complexity index is 430. The van der Waals surface area contributed by atoms with Gasteiger partial charge in [0.2, 0.25) is 0 Å². The van der Waals surface area contributed by atoms with Crippen LogP contribution in [0.5, 0.6) is 0 Å². The lowest BCUT2D eigenvalue weighted by Gasteiger charge is -2.00. The van der Waals surface area contributed by atoms with E-state index in [0.717, 1.165) is 12.2 Å². The minimum atomic E-state index is -0.588. The highest BCUT2D eigenvalue weighted by Gasteiger charge is 2.11. The van der Waals surface area contributed by atoms with Gasteiger partial charge in [0.05, 0.1) is 33.9 Å². The number of carbonyl (C=O) groups is 4. The summed E-state index contributed by atoms with van der Waals surface area (Å²) in [5.41, 5.74) is 0.0966. The van der Waals surface area contributed by atoms with Gasteiger partial charge in [-0.05, 0) is 13.8 Å². The zero-order chi connectivity index (χ0) is 18.3. The van der Waals surface area contributed by atoms with Gasteiger partial charge in [0.15, 0.2) is 0 Å². The standard InChI is InChI=1S/C8H12O4.C7H10O4/c1-3-11-7(9)5-6-8(10)12-4-2;1-5(7(9)11-3)4-6(8)10-2/h5-6H,3-4H2,1-2H3;1,4H2,2-3H3/b6-5-;. The molecule has 0 spiro atoms. The van der Waals surface area contributed by atoms with E-state index >= 15 is 0 Å². The highest BCUT2D eigenvalue weighted by molar-refractivity contribution is 5.93. The van der Waals surface area contributed by atoms with Crippen LogP contribution in [-0.4, -0.2) is 51.3 Å². The molecule has 0 aromatic heterocycles. The summed E-state index contributed by atoms with van der Waals surface area (Å²) < 4.78 is 17.7. The predicted octanol–water partition coefficient (Wildman–Crippen LogP) is 0.947. The van der Waals surface area contributed by atoms with E-state index < -0.39 is 23.9 Å². The van der Waals surface area contributed by atoms with E-state index in [2.05, 4.69) is 25.5 Å². The third-order valence-corrected chi connectivity index (χ3v) is 1.99. The number of esters is 4. The molecule has 0 fully saturated rings. The van der Waals surface area contributed by atoms with E-state index in [1.54, 1.807) is 13.8 Å². The van der Waals surface area contributed by atoms with Crippen LogP contribution >= 0.6 is 0 Å². The van der Waals surface area contributed by atoms with Crippen LogP contribution in [0.15, 0.2) is 24.3 Å². The quantitative estimate of drug-likeness (QED) is 0.386. The van der Waals surface area contributed by atoms with Crippen LogP contribution in [0, 0.1) is 0 Å². The van der Waals surface area contributed by atoms with Crippen molar-refractivity contribution in [2.45, 2.75) is 20.3 Å². The Morgan fingerprint density at radius 2 is 1.30 bits per heavy atom. The van der Waals surface area contributed by atoms with Crippen LogP contribution in [0.2, 0.25) is 0 Å². The van der Waals surface area contributed by atoms with Gasteiger partial charge in [-0.25, -0.2) is 14.4 Å². The van der Waals surface area contributed by atoms with Crippen molar-refractivity contribution < 1.29 is 38.1 Å². The van der Waals surface area contributed by atoms with Crippen molar-refractivity contribution in [3.8, 4) is 0 Å². The smallest absolute Gasteiger partial charge is 0.333 e. The number of hydrogen-bond donors (Lipinski definition) is 0. The highest BCUT2D eigenvalue weighted by atomic mass is 16.5. The molecule has 0 aromatic rings. The van der Waals surface area contributed by atoms with Gasteiger partial charge in [-0.15, -0.1) is 0 Å². The normalized spacial score (nSPS) is 9.22. The van der Waals surface area contributed by atoms with Gasteiger partial charge < -0.3 is 18.9 Å². The Morgan fingerprint density at radius 1 is 0.870 bits per heavy atom. The Morgan fingerprint density at radius 3 is 1.61 bits per heavy atom. The van der Waals surface area contributed by atoms with Gasteiger partial charge in [0.25, 0.3) is 0 Å². The predicted molar refractivity (Wildman–Crippen MR) is 80.2 cm³/mol. The molecule has 0 atom stereocenters. The second-order valence-corrected chi connectivity index (χ2v) is 3.69. The van der Waals surface area contributed by atoms with E-state index in [4.69, 9.17) is 0 Å². The van der Waals surface area contributed by atoms with Gasteiger partial charge in [0, 0.05) is 17.7 Å². The molecule has 0 rings (SSSR count). The fraction of sp³-hybridized carbons (Fsp3) is 0.467. The first kappa shape index (κ1) is 22.6. The van der Waals surface area contributed by atoms with Gasteiger partial charge >= 0.3 is 23.9 Å². The number of rotatable bonds is 7. The molecule has 0 aromatic carbocycles. The van der Waals surface area contributed by atoms with E-state index in [0.29, 0.717) is 13.2 Å². The Balaban J connectivity index is 0. The molecular weight excluding hydrogens is 308 g/mol. The summed E-state index contributed by atoms with van der Waals surface area (Å²) in [4.78, 5) is 42.5. The highest BCUT2D eigenvalue weighted by Crippen LogP contribution is 2.00. The summed E-state index contributed by atoms with van der Waals surface area (Å²) in [7, 11) is 2.47. The molecule has 0 heterocycles. The summed E-state index contributed by atoms with van der Waals surface area (Å²) in [6, 6.07) is 0. The van der Waals surface area contributed by atoms with Crippen molar-refractivity contribution in [1.82, 2.24) is 0 Å². The number of carbonyl (C=O) groups excluding carboxylic acids is 4. The molecule has 0 saturated heterocycles. The van der Waals surface area contributed by atoms with Crippen molar-refractivity contribution in [3.05, 3.63) is 24.3 Å². The number of hydrogen-bond acceptors (Lipinski definition) is 8.